The number of rotatable bonds is 6. The normalized spacial score (nSPS) is 19.8. The van der Waals surface area contributed by atoms with Gasteiger partial charge in [0.25, 0.3) is 0 Å². The molecular formula is C19H37IN6. The molecule has 6 nitrogen and oxygen atoms in total. The first-order valence-corrected chi connectivity index (χ1v) is 9.62. The molecule has 0 aromatic carbocycles. The summed E-state index contributed by atoms with van der Waals surface area (Å²) >= 11 is 0. The molecule has 2 rings (SSSR count). The van der Waals surface area contributed by atoms with Crippen molar-refractivity contribution in [2.24, 2.45) is 12.0 Å². The Labute approximate surface area is 176 Å². The van der Waals surface area contributed by atoms with Gasteiger partial charge in [-0.25, -0.2) is 0 Å². The van der Waals surface area contributed by atoms with E-state index in [0.717, 1.165) is 31.2 Å². The molecule has 2 heterocycles. The van der Waals surface area contributed by atoms with Gasteiger partial charge in [-0.1, -0.05) is 6.42 Å². The molecule has 2 atom stereocenters. The summed E-state index contributed by atoms with van der Waals surface area (Å²) in [6.07, 6.45) is 4.99. The molecule has 1 aromatic rings. The minimum Gasteiger partial charge on any atom is -0.355 e. The molecule has 26 heavy (non-hydrogen) atoms. The first-order chi connectivity index (χ1) is 11.9. The molecule has 7 heteroatoms. The molecule has 1 aromatic heterocycles. The Morgan fingerprint density at radius 2 is 2.08 bits per heavy atom. The van der Waals surface area contributed by atoms with Crippen molar-refractivity contribution >= 4 is 29.9 Å². The fraction of sp³-hybridized carbons (Fsp3) is 0.789. The second-order valence-electron chi connectivity index (χ2n) is 7.40. The average molecular weight is 476 g/mol. The van der Waals surface area contributed by atoms with E-state index in [-0.39, 0.29) is 24.0 Å². The van der Waals surface area contributed by atoms with Gasteiger partial charge in [0.05, 0.1) is 5.69 Å². The number of hydrogen-bond acceptors (Lipinski definition) is 3. The Bertz CT molecular complexity index is 583. The van der Waals surface area contributed by atoms with Crippen molar-refractivity contribution in [3.63, 3.8) is 0 Å². The molecular weight excluding hydrogens is 439 g/mol. The van der Waals surface area contributed by atoms with Crippen LogP contribution in [0.4, 0.5) is 0 Å². The standard InChI is InChI=1S/C19H36N6.HI/c1-14(13-18-16(3)23-24(6)17(18)4)22-19(20-5)21-10-12-25-11-8-7-9-15(25)2;/h14-15H,7-13H2,1-6H3,(H2,20,21,22);1H. The summed E-state index contributed by atoms with van der Waals surface area (Å²) in [5, 5.41) is 11.5. The maximum atomic E-state index is 4.51. The number of guanidine groups is 1. The molecule has 1 aliphatic heterocycles. The number of nitrogens with zero attached hydrogens (tertiary/aromatic N) is 4. The number of aryl methyl sites for hydroxylation is 2. The monoisotopic (exact) mass is 476 g/mol. The summed E-state index contributed by atoms with van der Waals surface area (Å²) in [4.78, 5) is 6.96. The highest BCUT2D eigenvalue weighted by molar-refractivity contribution is 14.0. The summed E-state index contributed by atoms with van der Waals surface area (Å²) < 4.78 is 1.96. The third kappa shape index (κ3) is 6.40. The number of piperidine rings is 1. The lowest BCUT2D eigenvalue weighted by Gasteiger charge is -2.33. The molecule has 1 saturated heterocycles. The SMILES string of the molecule is CN=C(NCCN1CCCCC1C)NC(C)Cc1c(C)nn(C)c1C.I. The summed E-state index contributed by atoms with van der Waals surface area (Å²) in [7, 11) is 3.85. The number of likely N-dealkylation sites (tertiary alicyclic amines) is 1. The summed E-state index contributed by atoms with van der Waals surface area (Å²) in [6.45, 7) is 12.0. The van der Waals surface area contributed by atoms with Crippen LogP contribution in [0.15, 0.2) is 4.99 Å². The molecule has 0 amide bonds. The number of aromatic nitrogens is 2. The molecule has 0 aliphatic carbocycles. The van der Waals surface area contributed by atoms with Gasteiger partial charge in [0, 0.05) is 45.0 Å². The van der Waals surface area contributed by atoms with Crippen LogP contribution in [0.2, 0.25) is 0 Å². The van der Waals surface area contributed by atoms with Crippen molar-refractivity contribution < 1.29 is 0 Å². The van der Waals surface area contributed by atoms with Crippen molar-refractivity contribution in [1.82, 2.24) is 25.3 Å². The molecule has 0 bridgehead atoms. The maximum Gasteiger partial charge on any atom is 0.191 e. The van der Waals surface area contributed by atoms with Crippen LogP contribution in [0.5, 0.6) is 0 Å². The fourth-order valence-corrected chi connectivity index (χ4v) is 3.71. The van der Waals surface area contributed by atoms with E-state index in [1.165, 1.54) is 37.1 Å². The van der Waals surface area contributed by atoms with Crippen LogP contribution in [0.1, 0.15) is 50.1 Å². The second kappa shape index (κ2) is 11.1. The number of aliphatic imine (C=N–C) groups is 1. The van der Waals surface area contributed by atoms with E-state index >= 15 is 0 Å². The van der Waals surface area contributed by atoms with Crippen LogP contribution in [-0.2, 0) is 13.5 Å². The van der Waals surface area contributed by atoms with E-state index in [9.17, 15) is 0 Å². The topological polar surface area (TPSA) is 57.5 Å². The molecule has 0 saturated carbocycles. The fourth-order valence-electron chi connectivity index (χ4n) is 3.71. The lowest BCUT2D eigenvalue weighted by molar-refractivity contribution is 0.163. The van der Waals surface area contributed by atoms with Crippen LogP contribution in [-0.4, -0.2) is 59.4 Å². The van der Waals surface area contributed by atoms with Crippen LogP contribution < -0.4 is 10.6 Å². The molecule has 0 spiro atoms. The molecule has 1 fully saturated rings. The van der Waals surface area contributed by atoms with Crippen molar-refractivity contribution in [1.29, 1.82) is 0 Å². The van der Waals surface area contributed by atoms with E-state index in [2.05, 4.69) is 53.3 Å². The highest BCUT2D eigenvalue weighted by Gasteiger charge is 2.18. The number of nitrogens with one attached hydrogen (secondary N) is 2. The van der Waals surface area contributed by atoms with E-state index < -0.39 is 0 Å². The van der Waals surface area contributed by atoms with Gasteiger partial charge in [-0.15, -0.1) is 24.0 Å². The van der Waals surface area contributed by atoms with Gasteiger partial charge in [0.1, 0.15) is 0 Å². The van der Waals surface area contributed by atoms with Crippen molar-refractivity contribution in [2.45, 2.75) is 65.5 Å². The zero-order valence-electron chi connectivity index (χ0n) is 17.3. The second-order valence-corrected chi connectivity index (χ2v) is 7.40. The van der Waals surface area contributed by atoms with Gasteiger partial charge >= 0.3 is 0 Å². The van der Waals surface area contributed by atoms with Crippen LogP contribution >= 0.6 is 24.0 Å². The van der Waals surface area contributed by atoms with Crippen LogP contribution in [0, 0.1) is 13.8 Å². The summed E-state index contributed by atoms with van der Waals surface area (Å²) in [5.74, 6) is 0.886. The zero-order chi connectivity index (χ0) is 18.4. The Morgan fingerprint density at radius 3 is 2.65 bits per heavy atom. The first-order valence-electron chi connectivity index (χ1n) is 9.62. The molecule has 2 unspecified atom stereocenters. The van der Waals surface area contributed by atoms with E-state index in [1.54, 1.807) is 0 Å². The summed E-state index contributed by atoms with van der Waals surface area (Å²) in [5.41, 5.74) is 3.70. The van der Waals surface area contributed by atoms with E-state index in [1.807, 2.05) is 18.8 Å². The third-order valence-electron chi connectivity index (χ3n) is 5.41. The van der Waals surface area contributed by atoms with Crippen molar-refractivity contribution in [3.8, 4) is 0 Å². The third-order valence-corrected chi connectivity index (χ3v) is 5.41. The van der Waals surface area contributed by atoms with Gasteiger partial charge in [-0.3, -0.25) is 14.6 Å². The quantitative estimate of drug-likeness (QED) is 0.377. The van der Waals surface area contributed by atoms with Gasteiger partial charge in [-0.2, -0.15) is 5.10 Å². The first kappa shape index (κ1) is 23.2. The molecule has 1 aliphatic rings. The number of hydrogen-bond donors (Lipinski definition) is 2. The Balaban J connectivity index is 0.00000338. The van der Waals surface area contributed by atoms with Crippen molar-refractivity contribution in [3.05, 3.63) is 17.0 Å². The van der Waals surface area contributed by atoms with Crippen molar-refractivity contribution in [2.75, 3.05) is 26.7 Å². The minimum absolute atomic E-state index is 0. The lowest BCUT2D eigenvalue weighted by Crippen LogP contribution is -2.47. The van der Waals surface area contributed by atoms with Gasteiger partial charge in [-0.05, 0) is 59.1 Å². The number of halogens is 1. The van der Waals surface area contributed by atoms with E-state index in [0.29, 0.717) is 12.1 Å². The van der Waals surface area contributed by atoms with Crippen LogP contribution in [0.3, 0.4) is 0 Å². The Morgan fingerprint density at radius 1 is 1.35 bits per heavy atom. The molecule has 150 valence electrons. The predicted octanol–water partition coefficient (Wildman–Crippen LogP) is 2.63. The smallest absolute Gasteiger partial charge is 0.191 e. The van der Waals surface area contributed by atoms with Gasteiger partial charge < -0.3 is 10.6 Å². The van der Waals surface area contributed by atoms with Gasteiger partial charge in [0.2, 0.25) is 0 Å². The lowest BCUT2D eigenvalue weighted by atomic mass is 10.0. The van der Waals surface area contributed by atoms with E-state index in [4.69, 9.17) is 0 Å². The minimum atomic E-state index is 0. The molecule has 0 radical (unpaired) electrons. The van der Waals surface area contributed by atoms with Gasteiger partial charge in [0.15, 0.2) is 5.96 Å². The Kier molecular flexibility index (Phi) is 9.92. The highest BCUT2D eigenvalue weighted by Crippen LogP contribution is 2.15. The highest BCUT2D eigenvalue weighted by atomic mass is 127. The average Bonchev–Trinajstić information content (AvgIpc) is 2.82. The molecule has 2 N–H and O–H groups in total. The maximum absolute atomic E-state index is 4.51. The van der Waals surface area contributed by atoms with Crippen LogP contribution in [0.25, 0.3) is 0 Å². The largest absolute Gasteiger partial charge is 0.355 e. The predicted molar refractivity (Wildman–Crippen MR) is 121 cm³/mol. The zero-order valence-corrected chi connectivity index (χ0v) is 19.6. The Hall–Kier alpha value is -0.830. The summed E-state index contributed by atoms with van der Waals surface area (Å²) in [6, 6.07) is 1.02.